The molecule has 7 nitrogen and oxygen atoms in total. The van der Waals surface area contributed by atoms with E-state index >= 15 is 0 Å². The molecular formula is C17H20N3O4+. The highest BCUT2D eigenvalue weighted by molar-refractivity contribution is 6.13. The van der Waals surface area contributed by atoms with Crippen LogP contribution < -0.4 is 10.6 Å². The van der Waals surface area contributed by atoms with Gasteiger partial charge >= 0.3 is 0 Å². The summed E-state index contributed by atoms with van der Waals surface area (Å²) in [6, 6.07) is 7.26. The van der Waals surface area contributed by atoms with E-state index in [1.807, 2.05) is 36.5 Å². The molecule has 1 aromatic rings. The summed E-state index contributed by atoms with van der Waals surface area (Å²) in [4.78, 5) is 39.9. The molecule has 3 N–H and O–H groups in total. The number of nitrogens with zero attached hydrogens (tertiary/aromatic N) is 1. The largest absolute Gasteiger partial charge is 0.383 e. The number of rotatable bonds is 3. The fourth-order valence-corrected chi connectivity index (χ4v) is 4.56. The first-order chi connectivity index (χ1) is 11.5. The molecule has 3 aliphatic heterocycles. The van der Waals surface area contributed by atoms with Gasteiger partial charge in [0.2, 0.25) is 17.4 Å². The maximum absolute atomic E-state index is 13.0. The first-order valence-electron chi connectivity index (χ1n) is 8.13. The van der Waals surface area contributed by atoms with Gasteiger partial charge in [0.1, 0.15) is 11.8 Å². The van der Waals surface area contributed by atoms with Crippen LogP contribution in [-0.4, -0.2) is 48.9 Å². The van der Waals surface area contributed by atoms with Crippen LogP contribution in [0.25, 0.3) is 0 Å². The van der Waals surface area contributed by atoms with Crippen molar-refractivity contribution in [1.29, 1.82) is 0 Å². The third kappa shape index (κ3) is 1.71. The van der Waals surface area contributed by atoms with Gasteiger partial charge in [-0.15, -0.1) is 0 Å². The molecule has 0 bridgehead atoms. The Hall–Kier alpha value is -2.25. The highest BCUT2D eigenvalue weighted by Gasteiger charge is 2.73. The molecule has 1 aromatic carbocycles. The van der Waals surface area contributed by atoms with Crippen LogP contribution in [0.1, 0.15) is 12.5 Å². The topological polar surface area (TPSA) is 92.3 Å². The van der Waals surface area contributed by atoms with E-state index in [-0.39, 0.29) is 30.3 Å². The first kappa shape index (κ1) is 15.3. The summed E-state index contributed by atoms with van der Waals surface area (Å²) in [5, 5.41) is 4.78. The van der Waals surface area contributed by atoms with E-state index in [0.29, 0.717) is 6.61 Å². The van der Waals surface area contributed by atoms with Crippen LogP contribution in [0.4, 0.5) is 5.69 Å². The van der Waals surface area contributed by atoms with Crippen molar-refractivity contribution in [1.82, 2.24) is 4.90 Å². The van der Waals surface area contributed by atoms with Crippen molar-refractivity contribution >= 4 is 23.4 Å². The molecule has 2 saturated heterocycles. The number of para-hydroxylation sites is 1. The molecule has 7 heteroatoms. The summed E-state index contributed by atoms with van der Waals surface area (Å²) in [5.74, 6) is -1.82. The predicted molar refractivity (Wildman–Crippen MR) is 83.7 cm³/mol. The smallest absolute Gasteiger partial charge is 0.291 e. The number of nitrogens with one attached hydrogen (secondary N) is 1. The average Bonchev–Trinajstić information content (AvgIpc) is 3.12. The number of fused-ring (bicyclic) bond motifs is 4. The number of methoxy groups -OCH3 is 1. The molecule has 0 aromatic heterocycles. The van der Waals surface area contributed by atoms with Crippen LogP contribution in [0.15, 0.2) is 24.3 Å². The molecule has 0 saturated carbocycles. The van der Waals surface area contributed by atoms with E-state index in [1.54, 1.807) is 0 Å². The van der Waals surface area contributed by atoms with Gasteiger partial charge in [0.15, 0.2) is 0 Å². The summed E-state index contributed by atoms with van der Waals surface area (Å²) in [5.41, 5.74) is 0.473. The van der Waals surface area contributed by atoms with Crippen LogP contribution in [0.5, 0.6) is 0 Å². The second-order valence-electron chi connectivity index (χ2n) is 6.72. The minimum absolute atomic E-state index is 0.143. The molecule has 126 valence electrons. The second kappa shape index (κ2) is 5.12. The number of quaternary nitrogens is 1. The number of benzene rings is 1. The standard InChI is InChI=1S/C17H19N3O4/c1-9-12-13(15(22)20(14(12)21)7-8-24-2)17(19-9)10-5-3-4-6-11(10)18-16(17)23/h3-6,9,12-13,19H,7-8H2,1-2H3,(H,18,23)/p+1/t9-,12-,13+,17-/m1/s1. The average molecular weight is 330 g/mol. The Morgan fingerprint density at radius 2 is 2.00 bits per heavy atom. The van der Waals surface area contributed by atoms with Crippen LogP contribution in [0, 0.1) is 11.8 Å². The van der Waals surface area contributed by atoms with E-state index < -0.39 is 17.4 Å². The maximum Gasteiger partial charge on any atom is 0.291 e. The summed E-state index contributed by atoms with van der Waals surface area (Å²) < 4.78 is 5.01. The maximum atomic E-state index is 13.0. The van der Waals surface area contributed by atoms with Crippen LogP contribution in [0.3, 0.4) is 0 Å². The Morgan fingerprint density at radius 1 is 1.25 bits per heavy atom. The number of carbonyl (C=O) groups is 3. The Kier molecular flexibility index (Phi) is 3.26. The zero-order valence-corrected chi connectivity index (χ0v) is 13.6. The molecule has 0 aliphatic carbocycles. The van der Waals surface area contributed by atoms with Crippen LogP contribution in [0.2, 0.25) is 0 Å². The molecule has 4 rings (SSSR count). The number of hydrogen-bond donors (Lipinski definition) is 2. The number of anilines is 1. The summed E-state index contributed by atoms with van der Waals surface area (Å²) in [6.45, 7) is 2.43. The molecule has 0 unspecified atom stereocenters. The molecule has 3 heterocycles. The van der Waals surface area contributed by atoms with Gasteiger partial charge in [-0.2, -0.15) is 0 Å². The fraction of sp³-hybridized carbons (Fsp3) is 0.471. The number of amides is 3. The van der Waals surface area contributed by atoms with Gasteiger partial charge < -0.3 is 15.4 Å². The van der Waals surface area contributed by atoms with Gasteiger partial charge in [-0.05, 0) is 13.0 Å². The molecule has 1 spiro atoms. The van der Waals surface area contributed by atoms with Gasteiger partial charge in [-0.1, -0.05) is 18.2 Å². The molecule has 0 radical (unpaired) electrons. The van der Waals surface area contributed by atoms with Gasteiger partial charge in [-0.3, -0.25) is 19.3 Å². The number of likely N-dealkylation sites (tertiary alicyclic amines) is 1. The minimum atomic E-state index is -1.05. The highest BCUT2D eigenvalue weighted by Crippen LogP contribution is 2.48. The molecule has 3 aliphatic rings. The Morgan fingerprint density at radius 3 is 2.75 bits per heavy atom. The van der Waals surface area contributed by atoms with Crippen molar-refractivity contribution in [3.05, 3.63) is 29.8 Å². The van der Waals surface area contributed by atoms with Gasteiger partial charge in [-0.25, -0.2) is 0 Å². The zero-order valence-electron chi connectivity index (χ0n) is 13.6. The summed E-state index contributed by atoms with van der Waals surface area (Å²) in [7, 11) is 1.53. The molecule has 2 fully saturated rings. The Bertz CT molecular complexity index is 749. The van der Waals surface area contributed by atoms with E-state index in [4.69, 9.17) is 4.74 Å². The lowest BCUT2D eigenvalue weighted by Gasteiger charge is -2.25. The van der Waals surface area contributed by atoms with Crippen LogP contribution >= 0.6 is 0 Å². The van der Waals surface area contributed by atoms with Crippen LogP contribution in [-0.2, 0) is 24.7 Å². The lowest BCUT2D eigenvalue weighted by Crippen LogP contribution is -2.98. The van der Waals surface area contributed by atoms with Crippen molar-refractivity contribution in [2.24, 2.45) is 11.8 Å². The van der Waals surface area contributed by atoms with Crippen molar-refractivity contribution in [3.63, 3.8) is 0 Å². The molecular weight excluding hydrogens is 310 g/mol. The van der Waals surface area contributed by atoms with Crippen molar-refractivity contribution in [2.75, 3.05) is 25.6 Å². The minimum Gasteiger partial charge on any atom is -0.383 e. The first-order valence-corrected chi connectivity index (χ1v) is 8.13. The number of carbonyl (C=O) groups excluding carboxylic acids is 3. The lowest BCUT2D eigenvalue weighted by atomic mass is 9.76. The van der Waals surface area contributed by atoms with Crippen molar-refractivity contribution in [3.8, 4) is 0 Å². The Labute approximate surface area is 139 Å². The second-order valence-corrected chi connectivity index (χ2v) is 6.72. The number of hydrogen-bond acceptors (Lipinski definition) is 4. The van der Waals surface area contributed by atoms with E-state index in [0.717, 1.165) is 11.3 Å². The van der Waals surface area contributed by atoms with E-state index in [9.17, 15) is 14.4 Å². The van der Waals surface area contributed by atoms with Gasteiger partial charge in [0, 0.05) is 12.7 Å². The zero-order chi connectivity index (χ0) is 17.1. The summed E-state index contributed by atoms with van der Waals surface area (Å²) in [6.07, 6.45) is 0. The summed E-state index contributed by atoms with van der Waals surface area (Å²) >= 11 is 0. The highest BCUT2D eigenvalue weighted by atomic mass is 16.5. The molecule has 3 amide bonds. The van der Waals surface area contributed by atoms with Gasteiger partial charge in [0.05, 0.1) is 24.9 Å². The van der Waals surface area contributed by atoms with Crippen molar-refractivity contribution < 1.29 is 24.4 Å². The van der Waals surface area contributed by atoms with E-state index in [2.05, 4.69) is 5.32 Å². The third-order valence-corrected chi connectivity index (χ3v) is 5.54. The third-order valence-electron chi connectivity index (χ3n) is 5.54. The van der Waals surface area contributed by atoms with E-state index in [1.165, 1.54) is 12.0 Å². The Balaban J connectivity index is 1.82. The quantitative estimate of drug-likeness (QED) is 0.699. The SMILES string of the molecule is COCCN1C(=O)[C@H]2[C@@H](C1=O)[C@@]1([NH2+][C@@H]2C)C(=O)Nc2ccccc21. The molecule has 4 atom stereocenters. The lowest BCUT2D eigenvalue weighted by molar-refractivity contribution is -0.730. The van der Waals surface area contributed by atoms with Crippen molar-refractivity contribution in [2.45, 2.75) is 18.5 Å². The number of imide groups is 1. The van der Waals surface area contributed by atoms with Gasteiger partial charge in [0.25, 0.3) is 5.91 Å². The number of nitrogens with two attached hydrogens (primary N) is 1. The normalized spacial score (nSPS) is 34.0. The predicted octanol–water partition coefficient (Wildman–Crippen LogP) is -0.953. The monoisotopic (exact) mass is 330 g/mol. The fourth-order valence-electron chi connectivity index (χ4n) is 4.56. The number of ether oxygens (including phenoxy) is 1. The molecule has 24 heavy (non-hydrogen) atoms.